The van der Waals surface area contributed by atoms with Crippen molar-refractivity contribution < 1.29 is 23.9 Å². The zero-order valence-electron chi connectivity index (χ0n) is 13.0. The van der Waals surface area contributed by atoms with Crippen molar-refractivity contribution in [1.82, 2.24) is 4.90 Å². The molecule has 6 heteroatoms. The molecule has 1 aliphatic rings. The fraction of sp³-hybridized carbons (Fsp3) is 0.167. The van der Waals surface area contributed by atoms with Crippen LogP contribution in [0.15, 0.2) is 48.5 Å². The van der Waals surface area contributed by atoms with E-state index >= 15 is 0 Å². The van der Waals surface area contributed by atoms with Gasteiger partial charge in [0, 0.05) is 0 Å². The molecule has 0 aromatic heterocycles. The number of rotatable bonds is 4. The number of para-hydroxylation sites is 2. The van der Waals surface area contributed by atoms with E-state index < -0.39 is 11.8 Å². The van der Waals surface area contributed by atoms with Crippen molar-refractivity contribution in [3.63, 3.8) is 0 Å². The maximum atomic E-state index is 12.6. The van der Waals surface area contributed by atoms with Gasteiger partial charge in [-0.05, 0) is 24.3 Å². The number of Topliss-reactive ketones (excluding diaryl/α,β-unsaturated/α-hetero) is 1. The molecule has 1 aliphatic heterocycles. The molecular formula is C18H15NO5. The smallest absolute Gasteiger partial charge is 0.267 e. The zero-order chi connectivity index (χ0) is 17.1. The van der Waals surface area contributed by atoms with Crippen LogP contribution in [0.5, 0.6) is 11.5 Å². The number of benzene rings is 2. The minimum Gasteiger partial charge on any atom is -0.496 e. The van der Waals surface area contributed by atoms with Gasteiger partial charge in [-0.1, -0.05) is 24.3 Å². The maximum absolute atomic E-state index is 12.6. The summed E-state index contributed by atoms with van der Waals surface area (Å²) in [6.45, 7) is -0.655. The first-order valence-corrected chi connectivity index (χ1v) is 7.34. The quantitative estimate of drug-likeness (QED) is 0.634. The van der Waals surface area contributed by atoms with Crippen LogP contribution in [0.1, 0.15) is 20.7 Å². The predicted octanol–water partition coefficient (Wildman–Crippen LogP) is 1.94. The molecule has 0 saturated heterocycles. The Labute approximate surface area is 138 Å². The van der Waals surface area contributed by atoms with E-state index in [1.165, 1.54) is 7.11 Å². The van der Waals surface area contributed by atoms with Crippen LogP contribution in [0.4, 0.5) is 0 Å². The van der Waals surface area contributed by atoms with E-state index in [0.29, 0.717) is 17.1 Å². The zero-order valence-corrected chi connectivity index (χ0v) is 13.0. The van der Waals surface area contributed by atoms with Crippen LogP contribution in [-0.2, 0) is 4.79 Å². The molecule has 24 heavy (non-hydrogen) atoms. The monoisotopic (exact) mass is 325 g/mol. The van der Waals surface area contributed by atoms with Crippen molar-refractivity contribution in [1.29, 1.82) is 0 Å². The second kappa shape index (κ2) is 6.54. The predicted molar refractivity (Wildman–Crippen MR) is 85.3 cm³/mol. The third-order valence-electron chi connectivity index (χ3n) is 3.72. The first kappa shape index (κ1) is 15.7. The van der Waals surface area contributed by atoms with Crippen LogP contribution in [0.3, 0.4) is 0 Å². The average Bonchev–Trinajstić information content (AvgIpc) is 2.74. The number of imide groups is 1. The molecule has 2 aromatic carbocycles. The summed E-state index contributed by atoms with van der Waals surface area (Å²) < 4.78 is 10.5. The standard InChI is InChI=1S/C18H15NO5/c1-23-15-8-4-2-6-12(15)14(20)10-19-17(21)11-24-16-9-5-3-7-13(16)18(19)22/h2-9H,10-11H2,1H3. The number of nitrogens with zero attached hydrogens (tertiary/aromatic N) is 1. The average molecular weight is 325 g/mol. The van der Waals surface area contributed by atoms with Crippen molar-refractivity contribution in [2.24, 2.45) is 0 Å². The third-order valence-corrected chi connectivity index (χ3v) is 3.72. The van der Waals surface area contributed by atoms with Gasteiger partial charge in [-0.25, -0.2) is 0 Å². The highest BCUT2D eigenvalue weighted by molar-refractivity contribution is 6.11. The highest BCUT2D eigenvalue weighted by Gasteiger charge is 2.31. The number of fused-ring (bicyclic) bond motifs is 1. The van der Waals surface area contributed by atoms with E-state index in [4.69, 9.17) is 9.47 Å². The SMILES string of the molecule is COc1ccccc1C(=O)CN1C(=O)COc2ccccc2C1=O. The van der Waals surface area contributed by atoms with Gasteiger partial charge < -0.3 is 9.47 Å². The Kier molecular flexibility index (Phi) is 4.29. The summed E-state index contributed by atoms with van der Waals surface area (Å²) in [5.74, 6) is -0.749. The minimum atomic E-state index is -0.556. The van der Waals surface area contributed by atoms with Crippen molar-refractivity contribution in [3.8, 4) is 11.5 Å². The van der Waals surface area contributed by atoms with Gasteiger partial charge in [-0.2, -0.15) is 0 Å². The highest BCUT2D eigenvalue weighted by atomic mass is 16.5. The van der Waals surface area contributed by atoms with Gasteiger partial charge in [-0.3, -0.25) is 19.3 Å². The van der Waals surface area contributed by atoms with Gasteiger partial charge in [0.25, 0.3) is 11.8 Å². The fourth-order valence-electron chi connectivity index (χ4n) is 2.51. The molecule has 0 saturated carbocycles. The second-order valence-corrected chi connectivity index (χ2v) is 5.19. The number of amides is 2. The first-order valence-electron chi connectivity index (χ1n) is 7.34. The maximum Gasteiger partial charge on any atom is 0.267 e. The molecular weight excluding hydrogens is 310 g/mol. The van der Waals surface area contributed by atoms with E-state index in [9.17, 15) is 14.4 Å². The number of ether oxygens (including phenoxy) is 2. The van der Waals surface area contributed by atoms with Gasteiger partial charge in [-0.15, -0.1) is 0 Å². The van der Waals surface area contributed by atoms with Crippen LogP contribution in [0.25, 0.3) is 0 Å². The highest BCUT2D eigenvalue weighted by Crippen LogP contribution is 2.24. The van der Waals surface area contributed by atoms with Crippen LogP contribution < -0.4 is 9.47 Å². The summed E-state index contributed by atoms with van der Waals surface area (Å²) in [4.78, 5) is 38.3. The molecule has 6 nitrogen and oxygen atoms in total. The summed E-state index contributed by atoms with van der Waals surface area (Å²) >= 11 is 0. The number of hydrogen-bond donors (Lipinski definition) is 0. The van der Waals surface area contributed by atoms with Crippen molar-refractivity contribution in [3.05, 3.63) is 59.7 Å². The molecule has 0 atom stereocenters. The fourth-order valence-corrected chi connectivity index (χ4v) is 2.51. The minimum absolute atomic E-state index is 0.260. The molecule has 0 unspecified atom stereocenters. The lowest BCUT2D eigenvalue weighted by molar-refractivity contribution is -0.129. The van der Waals surface area contributed by atoms with E-state index in [1.54, 1.807) is 48.5 Å². The normalized spacial score (nSPS) is 13.8. The van der Waals surface area contributed by atoms with Crippen LogP contribution >= 0.6 is 0 Å². The topological polar surface area (TPSA) is 72.9 Å². The van der Waals surface area contributed by atoms with Crippen molar-refractivity contribution in [2.45, 2.75) is 0 Å². The number of ketones is 1. The molecule has 3 rings (SSSR count). The molecule has 0 spiro atoms. The Morgan fingerprint density at radius 2 is 1.83 bits per heavy atom. The van der Waals surface area contributed by atoms with Gasteiger partial charge in [0.05, 0.1) is 24.8 Å². The third kappa shape index (κ3) is 2.86. The lowest BCUT2D eigenvalue weighted by Gasteiger charge is -2.18. The Morgan fingerprint density at radius 3 is 2.62 bits per heavy atom. The van der Waals surface area contributed by atoms with E-state index in [1.807, 2.05) is 0 Å². The molecule has 2 aromatic rings. The molecule has 0 radical (unpaired) electrons. The lowest BCUT2D eigenvalue weighted by Crippen LogP contribution is -2.41. The van der Waals surface area contributed by atoms with E-state index in [0.717, 1.165) is 4.90 Å². The summed E-state index contributed by atoms with van der Waals surface area (Å²) in [6, 6.07) is 13.3. The molecule has 1 heterocycles. The molecule has 0 fully saturated rings. The van der Waals surface area contributed by atoms with E-state index in [2.05, 4.69) is 0 Å². The second-order valence-electron chi connectivity index (χ2n) is 5.19. The Balaban J connectivity index is 1.89. The van der Waals surface area contributed by atoms with Crippen LogP contribution in [0, 0.1) is 0 Å². The molecule has 0 bridgehead atoms. The number of methoxy groups -OCH3 is 1. The Hall–Kier alpha value is -3.15. The summed E-state index contributed by atoms with van der Waals surface area (Å²) in [5.41, 5.74) is 0.579. The van der Waals surface area contributed by atoms with Gasteiger partial charge >= 0.3 is 0 Å². The molecule has 122 valence electrons. The lowest BCUT2D eigenvalue weighted by atomic mass is 10.1. The summed E-state index contributed by atoms with van der Waals surface area (Å²) in [7, 11) is 1.46. The van der Waals surface area contributed by atoms with Gasteiger partial charge in [0.1, 0.15) is 11.5 Å². The first-order chi connectivity index (χ1) is 11.6. The van der Waals surface area contributed by atoms with Crippen LogP contribution in [0.2, 0.25) is 0 Å². The molecule has 0 N–H and O–H groups in total. The van der Waals surface area contributed by atoms with Gasteiger partial charge in [0.2, 0.25) is 0 Å². The van der Waals surface area contributed by atoms with Gasteiger partial charge in [0.15, 0.2) is 12.4 Å². The molecule has 0 aliphatic carbocycles. The molecule has 2 amide bonds. The van der Waals surface area contributed by atoms with Crippen molar-refractivity contribution >= 4 is 17.6 Å². The number of carbonyl (C=O) groups is 3. The largest absolute Gasteiger partial charge is 0.496 e. The number of carbonyl (C=O) groups excluding carboxylic acids is 3. The Bertz CT molecular complexity index is 815. The Morgan fingerprint density at radius 1 is 1.12 bits per heavy atom. The van der Waals surface area contributed by atoms with E-state index in [-0.39, 0.29) is 24.5 Å². The van der Waals surface area contributed by atoms with Crippen LogP contribution in [-0.4, -0.2) is 42.8 Å². The van der Waals surface area contributed by atoms with Crippen molar-refractivity contribution in [2.75, 3.05) is 20.3 Å². The summed E-state index contributed by atoms with van der Waals surface area (Å²) in [5, 5.41) is 0. The summed E-state index contributed by atoms with van der Waals surface area (Å²) in [6.07, 6.45) is 0. The number of hydrogen-bond acceptors (Lipinski definition) is 5.